The maximum absolute atomic E-state index is 13.8. The molecule has 0 bridgehead atoms. The van der Waals surface area contributed by atoms with Crippen molar-refractivity contribution in [3.8, 4) is 0 Å². The van der Waals surface area contributed by atoms with Gasteiger partial charge in [-0.25, -0.2) is 4.39 Å². The summed E-state index contributed by atoms with van der Waals surface area (Å²) in [6.45, 7) is 0.436. The van der Waals surface area contributed by atoms with Gasteiger partial charge in [-0.2, -0.15) is 22.5 Å². The molecule has 24 heavy (non-hydrogen) atoms. The molecule has 0 radical (unpaired) electrons. The molecular formula is C16H14F5N3. The molecule has 0 aliphatic carbocycles. The first-order valence-electron chi connectivity index (χ1n) is 7.42. The monoisotopic (exact) mass is 343 g/mol. The van der Waals surface area contributed by atoms with E-state index in [4.69, 9.17) is 0 Å². The van der Waals surface area contributed by atoms with Crippen LogP contribution in [0.1, 0.15) is 12.8 Å². The van der Waals surface area contributed by atoms with Gasteiger partial charge in [-0.1, -0.05) is 0 Å². The number of aromatic nitrogens is 1. The summed E-state index contributed by atoms with van der Waals surface area (Å²) in [4.78, 5) is 3.82. The van der Waals surface area contributed by atoms with Crippen LogP contribution in [0, 0.1) is 29.3 Å². The van der Waals surface area contributed by atoms with Crippen molar-refractivity contribution in [1.29, 1.82) is 0 Å². The van der Waals surface area contributed by atoms with Crippen molar-refractivity contribution in [3.05, 3.63) is 53.6 Å². The van der Waals surface area contributed by atoms with E-state index in [1.54, 1.807) is 12.1 Å². The van der Waals surface area contributed by atoms with Crippen LogP contribution in [0.5, 0.6) is 0 Å². The smallest absolute Gasteiger partial charge is 0.253 e. The lowest BCUT2D eigenvalue weighted by Crippen LogP contribution is -2.40. The number of anilines is 2. The average Bonchev–Trinajstić information content (AvgIpc) is 2.57. The van der Waals surface area contributed by atoms with Gasteiger partial charge in [-0.15, -0.1) is 0 Å². The number of benzene rings is 1. The van der Waals surface area contributed by atoms with Gasteiger partial charge in [0, 0.05) is 24.8 Å². The van der Waals surface area contributed by atoms with E-state index in [1.807, 2.05) is 0 Å². The molecule has 3 rings (SSSR count). The first-order valence-corrected chi connectivity index (χ1v) is 7.42. The van der Waals surface area contributed by atoms with Gasteiger partial charge in [0.15, 0.2) is 0 Å². The molecule has 3 nitrogen and oxygen atoms in total. The average molecular weight is 343 g/mol. The number of piperidine rings is 1. The molecule has 1 aliphatic rings. The SMILES string of the molecule is Fc1ccc(NC2CCN(c3c(F)c(F)nc(F)c3F)CC2)cc1. The number of nitrogens with zero attached hydrogens (tertiary/aromatic N) is 2. The Hall–Kier alpha value is -2.38. The summed E-state index contributed by atoms with van der Waals surface area (Å²) >= 11 is 0. The predicted octanol–water partition coefficient (Wildman–Crippen LogP) is 3.86. The third-order valence-corrected chi connectivity index (χ3v) is 4.00. The minimum atomic E-state index is -1.66. The van der Waals surface area contributed by atoms with Crippen LogP contribution in [-0.4, -0.2) is 24.1 Å². The summed E-state index contributed by atoms with van der Waals surface area (Å²) in [5.41, 5.74) is 0.00782. The van der Waals surface area contributed by atoms with Crippen LogP contribution in [0.25, 0.3) is 0 Å². The standard InChI is InChI=1S/C16H14F5N3/c17-9-1-3-10(4-2-9)22-11-5-7-24(8-6-11)14-12(18)15(20)23-16(21)13(14)19/h1-4,11,22H,5-8H2. The molecule has 0 atom stereocenters. The fourth-order valence-electron chi connectivity index (χ4n) is 2.78. The molecule has 1 fully saturated rings. The van der Waals surface area contributed by atoms with Crippen molar-refractivity contribution in [2.75, 3.05) is 23.3 Å². The molecule has 2 heterocycles. The van der Waals surface area contributed by atoms with E-state index in [0.717, 1.165) is 5.69 Å². The van der Waals surface area contributed by atoms with Crippen molar-refractivity contribution in [1.82, 2.24) is 4.98 Å². The van der Waals surface area contributed by atoms with E-state index in [-0.39, 0.29) is 24.9 Å². The van der Waals surface area contributed by atoms with Gasteiger partial charge in [0.25, 0.3) is 11.9 Å². The van der Waals surface area contributed by atoms with Crippen molar-refractivity contribution >= 4 is 11.4 Å². The Balaban J connectivity index is 1.68. The zero-order valence-corrected chi connectivity index (χ0v) is 12.5. The fraction of sp³-hybridized carbons (Fsp3) is 0.312. The largest absolute Gasteiger partial charge is 0.382 e. The Morgan fingerprint density at radius 2 is 1.42 bits per heavy atom. The number of nitrogens with one attached hydrogen (secondary N) is 1. The number of hydrogen-bond acceptors (Lipinski definition) is 3. The van der Waals surface area contributed by atoms with Crippen molar-refractivity contribution < 1.29 is 22.0 Å². The van der Waals surface area contributed by atoms with Gasteiger partial charge >= 0.3 is 0 Å². The lowest BCUT2D eigenvalue weighted by atomic mass is 10.0. The van der Waals surface area contributed by atoms with E-state index in [2.05, 4.69) is 10.3 Å². The zero-order valence-electron chi connectivity index (χ0n) is 12.5. The fourth-order valence-corrected chi connectivity index (χ4v) is 2.78. The third-order valence-electron chi connectivity index (χ3n) is 4.00. The molecule has 1 aliphatic heterocycles. The van der Waals surface area contributed by atoms with Crippen LogP contribution in [0.2, 0.25) is 0 Å². The molecule has 0 spiro atoms. The van der Waals surface area contributed by atoms with Crippen LogP contribution in [0.3, 0.4) is 0 Å². The van der Waals surface area contributed by atoms with Gasteiger partial charge in [0.1, 0.15) is 11.5 Å². The molecule has 1 aromatic heterocycles. The molecule has 1 aromatic carbocycles. The maximum Gasteiger partial charge on any atom is 0.253 e. The minimum absolute atomic E-state index is 0.00867. The molecule has 2 aromatic rings. The Kier molecular flexibility index (Phi) is 4.55. The van der Waals surface area contributed by atoms with Crippen LogP contribution in [-0.2, 0) is 0 Å². The number of hydrogen-bond donors (Lipinski definition) is 1. The summed E-state index contributed by atoms with van der Waals surface area (Å²) in [6, 6.07) is 5.84. The zero-order chi connectivity index (χ0) is 17.3. The lowest BCUT2D eigenvalue weighted by molar-refractivity contribution is 0.400. The Morgan fingerprint density at radius 1 is 0.875 bits per heavy atom. The van der Waals surface area contributed by atoms with Gasteiger partial charge in [-0.05, 0) is 37.1 Å². The summed E-state index contributed by atoms with van der Waals surface area (Å²) in [7, 11) is 0. The molecule has 0 amide bonds. The number of pyridine rings is 1. The second-order valence-corrected chi connectivity index (χ2v) is 5.58. The highest BCUT2D eigenvalue weighted by Crippen LogP contribution is 2.29. The van der Waals surface area contributed by atoms with Crippen LogP contribution in [0.15, 0.2) is 24.3 Å². The summed E-state index contributed by atoms with van der Waals surface area (Å²) in [5, 5.41) is 3.19. The second kappa shape index (κ2) is 6.62. The highest BCUT2D eigenvalue weighted by atomic mass is 19.2. The minimum Gasteiger partial charge on any atom is -0.382 e. The lowest BCUT2D eigenvalue weighted by Gasteiger charge is -2.34. The molecule has 0 unspecified atom stereocenters. The van der Waals surface area contributed by atoms with Gasteiger partial charge in [0.05, 0.1) is 0 Å². The normalized spacial score (nSPS) is 15.6. The van der Waals surface area contributed by atoms with E-state index in [0.29, 0.717) is 12.8 Å². The summed E-state index contributed by atoms with van der Waals surface area (Å²) < 4.78 is 66.8. The Bertz CT molecular complexity index is 701. The van der Waals surface area contributed by atoms with Gasteiger partial charge < -0.3 is 10.2 Å². The first kappa shape index (κ1) is 16.5. The molecular weight excluding hydrogens is 329 g/mol. The van der Waals surface area contributed by atoms with Crippen LogP contribution in [0.4, 0.5) is 33.3 Å². The molecule has 8 heteroatoms. The van der Waals surface area contributed by atoms with Gasteiger partial charge in [0.2, 0.25) is 11.6 Å². The van der Waals surface area contributed by atoms with E-state index >= 15 is 0 Å². The Labute approximate surface area is 135 Å². The maximum atomic E-state index is 13.8. The van der Waals surface area contributed by atoms with Crippen molar-refractivity contribution in [2.45, 2.75) is 18.9 Å². The van der Waals surface area contributed by atoms with Crippen LogP contribution >= 0.6 is 0 Å². The summed E-state index contributed by atoms with van der Waals surface area (Å²) in [5.74, 6) is -6.63. The number of rotatable bonds is 3. The second-order valence-electron chi connectivity index (χ2n) is 5.58. The number of halogens is 5. The van der Waals surface area contributed by atoms with Gasteiger partial charge in [-0.3, -0.25) is 0 Å². The highest BCUT2D eigenvalue weighted by Gasteiger charge is 2.28. The van der Waals surface area contributed by atoms with Crippen molar-refractivity contribution in [2.24, 2.45) is 0 Å². The van der Waals surface area contributed by atoms with Crippen molar-refractivity contribution in [3.63, 3.8) is 0 Å². The summed E-state index contributed by atoms with van der Waals surface area (Å²) in [6.07, 6.45) is 1.00. The third kappa shape index (κ3) is 3.27. The molecule has 1 saturated heterocycles. The first-order chi connectivity index (χ1) is 11.5. The molecule has 0 saturated carbocycles. The molecule has 128 valence electrons. The topological polar surface area (TPSA) is 28.2 Å². The van der Waals surface area contributed by atoms with E-state index in [9.17, 15) is 22.0 Å². The highest BCUT2D eigenvalue weighted by molar-refractivity contribution is 5.50. The van der Waals surface area contributed by atoms with E-state index in [1.165, 1.54) is 17.0 Å². The quantitative estimate of drug-likeness (QED) is 0.678. The van der Waals surface area contributed by atoms with Crippen LogP contribution < -0.4 is 10.2 Å². The Morgan fingerprint density at radius 3 is 1.96 bits per heavy atom. The molecule has 1 N–H and O–H groups in total. The van der Waals surface area contributed by atoms with E-state index < -0.39 is 29.2 Å². The predicted molar refractivity (Wildman–Crippen MR) is 79.3 cm³/mol.